The first-order valence-electron chi connectivity index (χ1n) is 5.09. The van der Waals surface area contributed by atoms with E-state index in [4.69, 9.17) is 5.84 Å². The minimum absolute atomic E-state index is 0.610. The van der Waals surface area contributed by atoms with Gasteiger partial charge in [-0.2, -0.15) is 5.10 Å². The Labute approximate surface area is 104 Å². The molecule has 0 aromatic carbocycles. The molecule has 0 unspecified atom stereocenters. The molecule has 2 heterocycles. The summed E-state index contributed by atoms with van der Waals surface area (Å²) in [4.78, 5) is 8.48. The molecule has 0 saturated heterocycles. The van der Waals surface area contributed by atoms with Gasteiger partial charge < -0.3 is 5.43 Å². The standard InChI is InChI=1S/C10H14N6S/c1-6-4-10(16(3)15-6)17-9-5-8(14-11)12-7(2)13-9/h4-5H,11H2,1-3H3,(H,12,13,14). The summed E-state index contributed by atoms with van der Waals surface area (Å²) in [6.07, 6.45) is 0. The predicted molar refractivity (Wildman–Crippen MR) is 66.6 cm³/mol. The fourth-order valence-electron chi connectivity index (χ4n) is 1.46. The van der Waals surface area contributed by atoms with Crippen LogP contribution in [0.4, 0.5) is 5.82 Å². The third-order valence-electron chi connectivity index (χ3n) is 2.13. The van der Waals surface area contributed by atoms with Gasteiger partial charge in [0.1, 0.15) is 21.7 Å². The van der Waals surface area contributed by atoms with E-state index in [-0.39, 0.29) is 0 Å². The second-order valence-corrected chi connectivity index (χ2v) is 4.67. The molecule has 90 valence electrons. The van der Waals surface area contributed by atoms with Gasteiger partial charge in [-0.05, 0) is 19.9 Å². The molecule has 0 aliphatic heterocycles. The van der Waals surface area contributed by atoms with Crippen LogP contribution in [-0.4, -0.2) is 19.7 Å². The number of nitrogens with two attached hydrogens (primary N) is 1. The first-order valence-corrected chi connectivity index (χ1v) is 5.91. The van der Waals surface area contributed by atoms with E-state index in [0.717, 1.165) is 15.7 Å². The minimum atomic E-state index is 0.610. The van der Waals surface area contributed by atoms with Gasteiger partial charge in [0.25, 0.3) is 0 Å². The van der Waals surface area contributed by atoms with Crippen LogP contribution in [0.15, 0.2) is 22.2 Å². The summed E-state index contributed by atoms with van der Waals surface area (Å²) in [5, 5.41) is 6.16. The van der Waals surface area contributed by atoms with Gasteiger partial charge in [-0.1, -0.05) is 11.8 Å². The molecule has 7 heteroatoms. The third-order valence-corrected chi connectivity index (χ3v) is 3.14. The summed E-state index contributed by atoms with van der Waals surface area (Å²) < 4.78 is 1.83. The topological polar surface area (TPSA) is 81.6 Å². The number of nitrogen functional groups attached to an aromatic ring is 1. The van der Waals surface area contributed by atoms with Crippen molar-refractivity contribution in [3.63, 3.8) is 0 Å². The smallest absolute Gasteiger partial charge is 0.144 e. The molecule has 6 nitrogen and oxygen atoms in total. The number of anilines is 1. The number of aromatic nitrogens is 4. The summed E-state index contributed by atoms with van der Waals surface area (Å²) in [5.41, 5.74) is 3.51. The fourth-order valence-corrected chi connectivity index (χ4v) is 2.42. The molecular formula is C10H14N6S. The van der Waals surface area contributed by atoms with Gasteiger partial charge in [0.15, 0.2) is 0 Å². The summed E-state index contributed by atoms with van der Waals surface area (Å²) in [6.45, 7) is 3.79. The minimum Gasteiger partial charge on any atom is -0.308 e. The first kappa shape index (κ1) is 11.9. The van der Waals surface area contributed by atoms with Crippen LogP contribution in [0, 0.1) is 13.8 Å². The zero-order valence-corrected chi connectivity index (χ0v) is 10.7. The second kappa shape index (κ2) is 4.72. The molecule has 2 aromatic rings. The molecule has 2 aromatic heterocycles. The van der Waals surface area contributed by atoms with Crippen molar-refractivity contribution in [3.8, 4) is 0 Å². The van der Waals surface area contributed by atoms with Crippen molar-refractivity contribution in [2.75, 3.05) is 5.43 Å². The van der Waals surface area contributed by atoms with Crippen LogP contribution in [0.5, 0.6) is 0 Å². The average molecular weight is 250 g/mol. The highest BCUT2D eigenvalue weighted by atomic mass is 32.2. The van der Waals surface area contributed by atoms with Crippen molar-refractivity contribution in [1.29, 1.82) is 0 Å². The number of rotatable bonds is 3. The largest absolute Gasteiger partial charge is 0.308 e. The van der Waals surface area contributed by atoms with E-state index in [1.165, 1.54) is 11.8 Å². The number of nitrogens with zero attached hydrogens (tertiary/aromatic N) is 4. The molecule has 0 amide bonds. The zero-order valence-electron chi connectivity index (χ0n) is 9.93. The van der Waals surface area contributed by atoms with Crippen molar-refractivity contribution in [3.05, 3.63) is 23.7 Å². The van der Waals surface area contributed by atoms with Gasteiger partial charge in [0.2, 0.25) is 0 Å². The molecule has 3 N–H and O–H groups in total. The molecule has 0 aliphatic carbocycles. The average Bonchev–Trinajstić information content (AvgIpc) is 2.56. The Balaban J connectivity index is 2.29. The number of aryl methyl sites for hydroxylation is 3. The molecule has 0 atom stereocenters. The Morgan fingerprint density at radius 3 is 2.65 bits per heavy atom. The van der Waals surface area contributed by atoms with Crippen LogP contribution in [0.3, 0.4) is 0 Å². The van der Waals surface area contributed by atoms with Crippen LogP contribution in [0.25, 0.3) is 0 Å². The highest BCUT2D eigenvalue weighted by molar-refractivity contribution is 7.99. The number of hydrogen-bond acceptors (Lipinski definition) is 6. The SMILES string of the molecule is Cc1cc(Sc2cc(NN)nc(C)n2)n(C)n1. The molecule has 0 bridgehead atoms. The lowest BCUT2D eigenvalue weighted by molar-refractivity contribution is 0.692. The van der Waals surface area contributed by atoms with Gasteiger partial charge in [-0.25, -0.2) is 15.8 Å². The molecular weight excluding hydrogens is 236 g/mol. The van der Waals surface area contributed by atoms with Gasteiger partial charge in [-0.15, -0.1) is 0 Å². The molecule has 0 saturated carbocycles. The van der Waals surface area contributed by atoms with E-state index < -0.39 is 0 Å². The maximum absolute atomic E-state index is 5.35. The van der Waals surface area contributed by atoms with Crippen molar-refractivity contribution in [2.24, 2.45) is 12.9 Å². The lowest BCUT2D eigenvalue weighted by Gasteiger charge is -2.04. The van der Waals surface area contributed by atoms with E-state index in [1.54, 1.807) is 6.07 Å². The van der Waals surface area contributed by atoms with E-state index in [9.17, 15) is 0 Å². The highest BCUT2D eigenvalue weighted by Gasteiger charge is 2.07. The monoisotopic (exact) mass is 250 g/mol. The van der Waals surface area contributed by atoms with Crippen LogP contribution < -0.4 is 11.3 Å². The Hall–Kier alpha value is -1.60. The van der Waals surface area contributed by atoms with E-state index >= 15 is 0 Å². The van der Waals surface area contributed by atoms with Crippen molar-refractivity contribution in [1.82, 2.24) is 19.7 Å². The fraction of sp³-hybridized carbons (Fsp3) is 0.300. The van der Waals surface area contributed by atoms with Crippen LogP contribution >= 0.6 is 11.8 Å². The van der Waals surface area contributed by atoms with Gasteiger partial charge >= 0.3 is 0 Å². The van der Waals surface area contributed by atoms with Gasteiger partial charge in [0, 0.05) is 13.1 Å². The Morgan fingerprint density at radius 1 is 1.29 bits per heavy atom. The lowest BCUT2D eigenvalue weighted by Crippen LogP contribution is -2.09. The maximum Gasteiger partial charge on any atom is 0.144 e. The molecule has 0 aliphatic rings. The highest BCUT2D eigenvalue weighted by Crippen LogP contribution is 2.27. The zero-order chi connectivity index (χ0) is 12.4. The normalized spacial score (nSPS) is 10.6. The van der Waals surface area contributed by atoms with Crippen LogP contribution in [0.1, 0.15) is 11.5 Å². The molecule has 0 spiro atoms. The molecule has 2 rings (SSSR count). The molecule has 0 radical (unpaired) electrons. The van der Waals surface area contributed by atoms with E-state index in [2.05, 4.69) is 20.5 Å². The Morgan fingerprint density at radius 2 is 2.06 bits per heavy atom. The number of hydrogen-bond donors (Lipinski definition) is 2. The summed E-state index contributed by atoms with van der Waals surface area (Å²) in [6, 6.07) is 3.82. The maximum atomic E-state index is 5.35. The summed E-state index contributed by atoms with van der Waals surface area (Å²) in [5.74, 6) is 6.64. The Bertz CT molecular complexity index is 536. The second-order valence-electron chi connectivity index (χ2n) is 3.63. The van der Waals surface area contributed by atoms with Gasteiger partial charge in [0.05, 0.1) is 5.69 Å². The van der Waals surface area contributed by atoms with Crippen LogP contribution in [-0.2, 0) is 7.05 Å². The number of nitrogens with one attached hydrogen (secondary N) is 1. The van der Waals surface area contributed by atoms with Crippen LogP contribution in [0.2, 0.25) is 0 Å². The molecule has 17 heavy (non-hydrogen) atoms. The first-order chi connectivity index (χ1) is 8.08. The Kier molecular flexibility index (Phi) is 3.30. The predicted octanol–water partition coefficient (Wildman–Crippen LogP) is 1.26. The summed E-state index contributed by atoms with van der Waals surface area (Å²) >= 11 is 1.53. The van der Waals surface area contributed by atoms with Crippen molar-refractivity contribution >= 4 is 17.6 Å². The van der Waals surface area contributed by atoms with E-state index in [1.807, 2.05) is 31.6 Å². The van der Waals surface area contributed by atoms with Crippen molar-refractivity contribution in [2.45, 2.75) is 23.9 Å². The van der Waals surface area contributed by atoms with E-state index in [0.29, 0.717) is 11.6 Å². The lowest BCUT2D eigenvalue weighted by atomic mass is 10.5. The van der Waals surface area contributed by atoms with Gasteiger partial charge in [-0.3, -0.25) is 4.68 Å². The summed E-state index contributed by atoms with van der Waals surface area (Å²) in [7, 11) is 1.91. The quantitative estimate of drug-likeness (QED) is 0.485. The molecule has 0 fully saturated rings. The third kappa shape index (κ3) is 2.75. The number of hydrazine groups is 1. The van der Waals surface area contributed by atoms with Crippen molar-refractivity contribution < 1.29 is 0 Å².